The van der Waals surface area contributed by atoms with E-state index >= 15 is 0 Å². The van der Waals surface area contributed by atoms with Crippen LogP contribution in [-0.4, -0.2) is 17.4 Å². The van der Waals surface area contributed by atoms with Gasteiger partial charge in [-0.3, -0.25) is 14.9 Å². The van der Waals surface area contributed by atoms with Gasteiger partial charge in [0.05, 0.1) is 4.92 Å². The van der Waals surface area contributed by atoms with Gasteiger partial charge in [0.2, 0.25) is 0 Å². The number of nitrogens with zero attached hydrogens (tertiary/aromatic N) is 1. The molecule has 21 heavy (non-hydrogen) atoms. The van der Waals surface area contributed by atoms with E-state index in [1.54, 1.807) is 19.1 Å². The van der Waals surface area contributed by atoms with Gasteiger partial charge in [-0.05, 0) is 30.7 Å². The molecule has 2 aromatic carbocycles. The van der Waals surface area contributed by atoms with Crippen molar-refractivity contribution in [2.24, 2.45) is 0 Å². The van der Waals surface area contributed by atoms with Crippen LogP contribution in [0.5, 0.6) is 5.75 Å². The number of rotatable bonds is 5. The van der Waals surface area contributed by atoms with Crippen LogP contribution in [0.4, 0.5) is 11.4 Å². The zero-order chi connectivity index (χ0) is 15.2. The summed E-state index contributed by atoms with van der Waals surface area (Å²) in [6.45, 7) is 1.57. The normalized spacial score (nSPS) is 9.95. The lowest BCUT2D eigenvalue weighted by atomic mass is 10.2. The summed E-state index contributed by atoms with van der Waals surface area (Å²) in [7, 11) is 0. The predicted molar refractivity (Wildman–Crippen MR) is 78.4 cm³/mol. The molecule has 0 saturated carbocycles. The molecule has 0 aliphatic heterocycles. The average molecular weight is 286 g/mol. The number of nitro groups is 1. The van der Waals surface area contributed by atoms with Crippen LogP contribution < -0.4 is 10.1 Å². The molecule has 108 valence electrons. The van der Waals surface area contributed by atoms with Gasteiger partial charge in [-0.2, -0.15) is 0 Å². The molecule has 0 heterocycles. The first-order valence-corrected chi connectivity index (χ1v) is 6.29. The molecule has 0 aromatic heterocycles. The summed E-state index contributed by atoms with van der Waals surface area (Å²) in [4.78, 5) is 22.0. The summed E-state index contributed by atoms with van der Waals surface area (Å²) < 4.78 is 5.32. The highest BCUT2D eigenvalue weighted by atomic mass is 16.6. The zero-order valence-electron chi connectivity index (χ0n) is 11.4. The van der Waals surface area contributed by atoms with Gasteiger partial charge in [-0.1, -0.05) is 18.2 Å². The maximum absolute atomic E-state index is 11.8. The molecule has 2 aromatic rings. The van der Waals surface area contributed by atoms with Crippen molar-refractivity contribution < 1.29 is 14.5 Å². The number of nitrogens with one attached hydrogen (secondary N) is 1. The number of ether oxygens (including phenoxy) is 1. The van der Waals surface area contributed by atoms with Crippen LogP contribution in [-0.2, 0) is 4.79 Å². The van der Waals surface area contributed by atoms with Crippen molar-refractivity contribution in [2.75, 3.05) is 11.9 Å². The fourth-order valence-electron chi connectivity index (χ4n) is 1.75. The highest BCUT2D eigenvalue weighted by Crippen LogP contribution is 2.21. The molecule has 0 saturated heterocycles. The highest BCUT2D eigenvalue weighted by molar-refractivity contribution is 5.92. The second kappa shape index (κ2) is 6.51. The lowest BCUT2D eigenvalue weighted by Crippen LogP contribution is -2.20. The fourth-order valence-corrected chi connectivity index (χ4v) is 1.75. The Bertz CT molecular complexity index is 656. The molecule has 2 rings (SSSR count). The first kappa shape index (κ1) is 14.5. The molecular formula is C15H14N2O4. The molecule has 1 N–H and O–H groups in total. The minimum atomic E-state index is -0.475. The van der Waals surface area contributed by atoms with Gasteiger partial charge in [0, 0.05) is 17.8 Å². The van der Waals surface area contributed by atoms with Crippen molar-refractivity contribution >= 4 is 17.3 Å². The number of hydrogen-bond acceptors (Lipinski definition) is 4. The standard InChI is InChI=1S/C15H14N2O4/c1-11-9-12(17(19)20)7-8-14(11)16-15(18)10-21-13-5-3-2-4-6-13/h2-9H,10H2,1H3,(H,16,18). The van der Waals surface area contributed by atoms with E-state index in [-0.39, 0.29) is 18.2 Å². The Morgan fingerprint density at radius 3 is 2.57 bits per heavy atom. The number of nitro benzene ring substituents is 1. The molecular weight excluding hydrogens is 272 g/mol. The average Bonchev–Trinajstić information content (AvgIpc) is 2.48. The van der Waals surface area contributed by atoms with E-state index in [0.29, 0.717) is 17.0 Å². The predicted octanol–water partition coefficient (Wildman–Crippen LogP) is 2.92. The van der Waals surface area contributed by atoms with Gasteiger partial charge < -0.3 is 10.1 Å². The van der Waals surface area contributed by atoms with E-state index in [0.717, 1.165) is 0 Å². The number of benzene rings is 2. The SMILES string of the molecule is Cc1cc([N+](=O)[O-])ccc1NC(=O)COc1ccccc1. The lowest BCUT2D eigenvalue weighted by Gasteiger charge is -2.09. The van der Waals surface area contributed by atoms with Crippen molar-refractivity contribution in [3.05, 3.63) is 64.2 Å². The summed E-state index contributed by atoms with van der Waals surface area (Å²) in [5, 5.41) is 13.3. The Labute approximate surface area is 121 Å². The Morgan fingerprint density at radius 2 is 1.95 bits per heavy atom. The van der Waals surface area contributed by atoms with Gasteiger partial charge >= 0.3 is 0 Å². The van der Waals surface area contributed by atoms with Crippen LogP contribution in [0.3, 0.4) is 0 Å². The quantitative estimate of drug-likeness (QED) is 0.676. The molecule has 1 amide bonds. The minimum Gasteiger partial charge on any atom is -0.484 e. The summed E-state index contributed by atoms with van der Waals surface area (Å²) in [6, 6.07) is 13.3. The maximum atomic E-state index is 11.8. The summed E-state index contributed by atoms with van der Waals surface area (Å²) in [5.41, 5.74) is 1.14. The second-order valence-electron chi connectivity index (χ2n) is 4.41. The Balaban J connectivity index is 1.95. The molecule has 0 unspecified atom stereocenters. The van der Waals surface area contributed by atoms with Crippen LogP contribution in [0.2, 0.25) is 0 Å². The Morgan fingerprint density at radius 1 is 1.24 bits per heavy atom. The van der Waals surface area contributed by atoms with E-state index < -0.39 is 4.92 Å². The molecule has 0 atom stereocenters. The number of non-ortho nitro benzene ring substituents is 1. The number of carbonyl (C=O) groups is 1. The molecule has 0 aliphatic carbocycles. The maximum Gasteiger partial charge on any atom is 0.269 e. The van der Waals surface area contributed by atoms with Crippen LogP contribution in [0.1, 0.15) is 5.56 Å². The third-order valence-electron chi connectivity index (χ3n) is 2.81. The van der Waals surface area contributed by atoms with E-state index in [1.165, 1.54) is 18.2 Å². The Hall–Kier alpha value is -2.89. The second-order valence-corrected chi connectivity index (χ2v) is 4.41. The van der Waals surface area contributed by atoms with Gasteiger partial charge in [-0.25, -0.2) is 0 Å². The number of anilines is 1. The van der Waals surface area contributed by atoms with Gasteiger partial charge in [-0.15, -0.1) is 0 Å². The van der Waals surface area contributed by atoms with Crippen molar-refractivity contribution in [3.63, 3.8) is 0 Å². The third-order valence-corrected chi connectivity index (χ3v) is 2.81. The summed E-state index contributed by atoms with van der Waals surface area (Å²) >= 11 is 0. The monoisotopic (exact) mass is 286 g/mol. The smallest absolute Gasteiger partial charge is 0.269 e. The first-order chi connectivity index (χ1) is 10.1. The third kappa shape index (κ3) is 4.04. The van der Waals surface area contributed by atoms with Crippen LogP contribution in [0.15, 0.2) is 48.5 Å². The fraction of sp³-hybridized carbons (Fsp3) is 0.133. The van der Waals surface area contributed by atoms with Gasteiger partial charge in [0.15, 0.2) is 6.61 Å². The minimum absolute atomic E-state index is 0.00830. The van der Waals surface area contributed by atoms with E-state index in [4.69, 9.17) is 4.74 Å². The van der Waals surface area contributed by atoms with Crippen molar-refractivity contribution in [1.82, 2.24) is 0 Å². The van der Waals surface area contributed by atoms with Gasteiger partial charge in [0.25, 0.3) is 11.6 Å². The van der Waals surface area contributed by atoms with Crippen molar-refractivity contribution in [2.45, 2.75) is 6.92 Å². The van der Waals surface area contributed by atoms with Crippen molar-refractivity contribution in [1.29, 1.82) is 0 Å². The number of para-hydroxylation sites is 1. The highest BCUT2D eigenvalue weighted by Gasteiger charge is 2.10. The number of hydrogen-bond donors (Lipinski definition) is 1. The molecule has 6 heteroatoms. The largest absolute Gasteiger partial charge is 0.484 e. The zero-order valence-corrected chi connectivity index (χ0v) is 11.4. The topological polar surface area (TPSA) is 81.5 Å². The van der Waals surface area contributed by atoms with Crippen LogP contribution in [0, 0.1) is 17.0 Å². The molecule has 0 fully saturated rings. The molecule has 0 aliphatic rings. The molecule has 0 radical (unpaired) electrons. The first-order valence-electron chi connectivity index (χ1n) is 6.29. The van der Waals surface area contributed by atoms with Crippen LogP contribution in [0.25, 0.3) is 0 Å². The summed E-state index contributed by atoms with van der Waals surface area (Å²) in [6.07, 6.45) is 0. The molecule has 0 spiro atoms. The van der Waals surface area contributed by atoms with E-state index in [2.05, 4.69) is 5.32 Å². The number of carbonyl (C=O) groups excluding carboxylic acids is 1. The Kier molecular flexibility index (Phi) is 4.50. The van der Waals surface area contributed by atoms with Crippen molar-refractivity contribution in [3.8, 4) is 5.75 Å². The molecule has 6 nitrogen and oxygen atoms in total. The van der Waals surface area contributed by atoms with Gasteiger partial charge in [0.1, 0.15) is 5.75 Å². The number of amides is 1. The number of aryl methyl sites for hydroxylation is 1. The lowest BCUT2D eigenvalue weighted by molar-refractivity contribution is -0.384. The van der Waals surface area contributed by atoms with E-state index in [1.807, 2.05) is 18.2 Å². The van der Waals surface area contributed by atoms with E-state index in [9.17, 15) is 14.9 Å². The molecule has 0 bridgehead atoms. The van der Waals surface area contributed by atoms with Crippen LogP contribution >= 0.6 is 0 Å². The summed E-state index contributed by atoms with van der Waals surface area (Å²) in [5.74, 6) is 0.281.